The molecule has 0 spiro atoms. The molecule has 0 saturated heterocycles. The van der Waals surface area contributed by atoms with Crippen LogP contribution in [-0.2, 0) is 0 Å². The van der Waals surface area contributed by atoms with Gasteiger partial charge in [-0.3, -0.25) is 4.79 Å². The molecule has 17 heavy (non-hydrogen) atoms. The molecule has 0 heterocycles. The van der Waals surface area contributed by atoms with Crippen molar-refractivity contribution in [3.8, 4) is 11.5 Å². The molecule has 0 saturated carbocycles. The fraction of sp³-hybridized carbons (Fsp3) is 0. The summed E-state index contributed by atoms with van der Waals surface area (Å²) in [5, 5.41) is 0.182. The van der Waals surface area contributed by atoms with Gasteiger partial charge in [0.25, 0.3) is 0 Å². The third-order valence-electron chi connectivity index (χ3n) is 2.12. The minimum absolute atomic E-state index is 0.182. The summed E-state index contributed by atoms with van der Waals surface area (Å²) in [6.45, 7) is 0. The predicted octanol–water partition coefficient (Wildman–Crippen LogP) is 4.08. The van der Waals surface area contributed by atoms with Gasteiger partial charge in [-0.05, 0) is 30.3 Å². The number of aldehydes is 1. The first-order valence-corrected chi connectivity index (χ1v) is 5.25. The molecule has 0 aliphatic carbocycles. The van der Waals surface area contributed by atoms with E-state index in [1.807, 2.05) is 0 Å². The van der Waals surface area contributed by atoms with E-state index >= 15 is 0 Å². The number of benzene rings is 2. The highest BCUT2D eigenvalue weighted by Crippen LogP contribution is 2.29. The molecule has 0 aromatic heterocycles. The van der Waals surface area contributed by atoms with E-state index in [4.69, 9.17) is 16.3 Å². The smallest absolute Gasteiger partial charge is 0.150 e. The van der Waals surface area contributed by atoms with Crippen LogP contribution in [0.4, 0.5) is 4.39 Å². The molecule has 2 rings (SSSR count). The normalized spacial score (nSPS) is 10.0. The quantitative estimate of drug-likeness (QED) is 0.767. The van der Waals surface area contributed by atoms with E-state index in [0.29, 0.717) is 17.1 Å². The van der Waals surface area contributed by atoms with Crippen molar-refractivity contribution < 1.29 is 13.9 Å². The van der Waals surface area contributed by atoms with Gasteiger partial charge in [0.2, 0.25) is 0 Å². The Labute approximate surface area is 103 Å². The van der Waals surface area contributed by atoms with E-state index in [1.54, 1.807) is 24.3 Å². The third-order valence-corrected chi connectivity index (χ3v) is 2.41. The van der Waals surface area contributed by atoms with Crippen LogP contribution in [0.25, 0.3) is 0 Å². The van der Waals surface area contributed by atoms with Crippen molar-refractivity contribution in [1.82, 2.24) is 0 Å². The summed E-state index contributed by atoms with van der Waals surface area (Å²) in [4.78, 5) is 10.6. The number of ether oxygens (including phenoxy) is 1. The SMILES string of the molecule is O=Cc1cccc(Oc2ccc(F)cc2Cl)c1. The molecule has 0 radical (unpaired) electrons. The fourth-order valence-corrected chi connectivity index (χ4v) is 1.54. The van der Waals surface area contributed by atoms with Crippen LogP contribution in [0.3, 0.4) is 0 Å². The first-order valence-electron chi connectivity index (χ1n) is 4.87. The van der Waals surface area contributed by atoms with E-state index in [9.17, 15) is 9.18 Å². The van der Waals surface area contributed by atoms with Crippen LogP contribution in [0.15, 0.2) is 42.5 Å². The van der Waals surface area contributed by atoms with Crippen molar-refractivity contribution in [1.29, 1.82) is 0 Å². The molecule has 4 heteroatoms. The Morgan fingerprint density at radius 3 is 2.71 bits per heavy atom. The molecule has 0 bridgehead atoms. The van der Waals surface area contributed by atoms with Crippen LogP contribution in [0.2, 0.25) is 5.02 Å². The highest BCUT2D eigenvalue weighted by atomic mass is 35.5. The number of rotatable bonds is 3. The van der Waals surface area contributed by atoms with Crippen LogP contribution in [0.5, 0.6) is 11.5 Å². The van der Waals surface area contributed by atoms with Crippen molar-refractivity contribution in [2.24, 2.45) is 0 Å². The van der Waals surface area contributed by atoms with Crippen molar-refractivity contribution >= 4 is 17.9 Å². The van der Waals surface area contributed by atoms with Gasteiger partial charge in [-0.1, -0.05) is 23.7 Å². The summed E-state index contributed by atoms with van der Waals surface area (Å²) in [5.74, 6) is 0.392. The number of hydrogen-bond acceptors (Lipinski definition) is 2. The summed E-state index contributed by atoms with van der Waals surface area (Å²) in [7, 11) is 0. The van der Waals surface area contributed by atoms with Gasteiger partial charge >= 0.3 is 0 Å². The van der Waals surface area contributed by atoms with E-state index in [-0.39, 0.29) is 5.02 Å². The summed E-state index contributed by atoms with van der Waals surface area (Å²) < 4.78 is 18.3. The average molecular weight is 251 g/mol. The minimum atomic E-state index is -0.427. The zero-order chi connectivity index (χ0) is 12.3. The second kappa shape index (κ2) is 4.97. The highest BCUT2D eigenvalue weighted by molar-refractivity contribution is 6.32. The molecule has 86 valence electrons. The molecule has 0 amide bonds. The molecular weight excluding hydrogens is 243 g/mol. The Morgan fingerprint density at radius 1 is 1.18 bits per heavy atom. The summed E-state index contributed by atoms with van der Waals surface area (Å²) in [6, 6.07) is 10.5. The monoisotopic (exact) mass is 250 g/mol. The van der Waals surface area contributed by atoms with E-state index in [0.717, 1.165) is 6.29 Å². The van der Waals surface area contributed by atoms with Crippen molar-refractivity contribution in [3.05, 3.63) is 58.9 Å². The minimum Gasteiger partial charge on any atom is -0.456 e. The van der Waals surface area contributed by atoms with Gasteiger partial charge in [0.15, 0.2) is 0 Å². The largest absolute Gasteiger partial charge is 0.456 e. The fourth-order valence-electron chi connectivity index (χ4n) is 1.34. The van der Waals surface area contributed by atoms with Crippen LogP contribution < -0.4 is 4.74 Å². The average Bonchev–Trinajstić information content (AvgIpc) is 2.33. The van der Waals surface area contributed by atoms with Crippen molar-refractivity contribution in [2.45, 2.75) is 0 Å². The zero-order valence-corrected chi connectivity index (χ0v) is 9.45. The molecule has 2 aromatic carbocycles. The zero-order valence-electron chi connectivity index (χ0n) is 8.69. The summed E-state index contributed by atoms with van der Waals surface area (Å²) >= 11 is 5.82. The molecule has 2 aromatic rings. The predicted molar refractivity (Wildman–Crippen MR) is 63.3 cm³/mol. The van der Waals surface area contributed by atoms with Gasteiger partial charge in [-0.15, -0.1) is 0 Å². The lowest BCUT2D eigenvalue weighted by atomic mass is 10.2. The maximum absolute atomic E-state index is 12.8. The van der Waals surface area contributed by atoms with Crippen LogP contribution >= 0.6 is 11.6 Å². The molecule has 0 unspecified atom stereocenters. The van der Waals surface area contributed by atoms with E-state index < -0.39 is 5.82 Å². The first-order chi connectivity index (χ1) is 8.19. The number of carbonyl (C=O) groups is 1. The van der Waals surface area contributed by atoms with Gasteiger partial charge < -0.3 is 4.74 Å². The lowest BCUT2D eigenvalue weighted by molar-refractivity contribution is 0.112. The Morgan fingerprint density at radius 2 is 2.00 bits per heavy atom. The van der Waals surface area contributed by atoms with Gasteiger partial charge in [0.05, 0.1) is 5.02 Å². The summed E-state index contributed by atoms with van der Waals surface area (Å²) in [6.07, 6.45) is 0.721. The Hall–Kier alpha value is -1.87. The maximum Gasteiger partial charge on any atom is 0.150 e. The Bertz CT molecular complexity index is 555. The highest BCUT2D eigenvalue weighted by Gasteiger charge is 2.04. The molecule has 0 atom stereocenters. The first kappa shape index (κ1) is 11.6. The topological polar surface area (TPSA) is 26.3 Å². The van der Waals surface area contributed by atoms with Crippen molar-refractivity contribution in [2.75, 3.05) is 0 Å². The molecular formula is C13H8ClFO2. The maximum atomic E-state index is 12.8. The second-order valence-electron chi connectivity index (χ2n) is 3.37. The lowest BCUT2D eigenvalue weighted by Crippen LogP contribution is -1.87. The molecule has 0 aliphatic heterocycles. The molecule has 2 nitrogen and oxygen atoms in total. The van der Waals surface area contributed by atoms with Gasteiger partial charge in [0, 0.05) is 5.56 Å². The Kier molecular flexibility index (Phi) is 3.40. The van der Waals surface area contributed by atoms with Gasteiger partial charge in [0.1, 0.15) is 23.6 Å². The van der Waals surface area contributed by atoms with Crippen LogP contribution in [0.1, 0.15) is 10.4 Å². The molecule has 0 fully saturated rings. The van der Waals surface area contributed by atoms with Crippen LogP contribution in [0, 0.1) is 5.82 Å². The van der Waals surface area contributed by atoms with E-state index in [2.05, 4.69) is 0 Å². The number of carbonyl (C=O) groups excluding carboxylic acids is 1. The molecule has 0 aliphatic rings. The third kappa shape index (κ3) is 2.82. The van der Waals surface area contributed by atoms with E-state index in [1.165, 1.54) is 18.2 Å². The summed E-state index contributed by atoms with van der Waals surface area (Å²) in [5.41, 5.74) is 0.501. The Balaban J connectivity index is 2.27. The standard InChI is InChI=1S/C13H8ClFO2/c14-12-7-10(15)4-5-13(12)17-11-3-1-2-9(6-11)8-16/h1-8H. The number of hydrogen-bond donors (Lipinski definition) is 0. The van der Waals surface area contributed by atoms with Crippen LogP contribution in [-0.4, -0.2) is 6.29 Å². The van der Waals surface area contributed by atoms with Gasteiger partial charge in [-0.25, -0.2) is 4.39 Å². The molecule has 0 N–H and O–H groups in total. The number of halogens is 2. The van der Waals surface area contributed by atoms with Gasteiger partial charge in [-0.2, -0.15) is 0 Å². The second-order valence-corrected chi connectivity index (χ2v) is 3.77. The lowest BCUT2D eigenvalue weighted by Gasteiger charge is -2.07. The van der Waals surface area contributed by atoms with Crippen molar-refractivity contribution in [3.63, 3.8) is 0 Å².